The highest BCUT2D eigenvalue weighted by Gasteiger charge is 2.18. The van der Waals surface area contributed by atoms with Crippen LogP contribution in [0.3, 0.4) is 0 Å². The highest BCUT2D eigenvalue weighted by Crippen LogP contribution is 2.32. The molecule has 0 aliphatic heterocycles. The van der Waals surface area contributed by atoms with Crippen LogP contribution in [0.4, 0.5) is 0 Å². The summed E-state index contributed by atoms with van der Waals surface area (Å²) in [5, 5.41) is 11.6. The Labute approximate surface area is 163 Å². The Balaban J connectivity index is 1.85. The molecule has 0 fully saturated rings. The van der Waals surface area contributed by atoms with Crippen molar-refractivity contribution in [2.24, 2.45) is 0 Å². The highest BCUT2D eigenvalue weighted by atomic mass is 15.3. The Kier molecular flexibility index (Phi) is 3.99. The molecule has 3 nitrogen and oxygen atoms in total. The molecule has 0 saturated heterocycles. The molecule has 1 heterocycles. The van der Waals surface area contributed by atoms with Crippen molar-refractivity contribution >= 4 is 10.8 Å². The van der Waals surface area contributed by atoms with Gasteiger partial charge in [-0.15, -0.1) is 10.2 Å². The molecule has 5 aromatic rings. The highest BCUT2D eigenvalue weighted by molar-refractivity contribution is 5.91. The van der Waals surface area contributed by atoms with E-state index >= 15 is 0 Å². The van der Waals surface area contributed by atoms with Crippen LogP contribution in [0.25, 0.3) is 39.2 Å². The minimum atomic E-state index is 0.841. The molecule has 0 aliphatic carbocycles. The minimum absolute atomic E-state index is 0.841. The Hall–Kier alpha value is -3.72. The maximum Gasteiger partial charge on any atom is 0.168 e. The average molecular weight is 361 g/mol. The quantitative estimate of drug-likeness (QED) is 0.391. The van der Waals surface area contributed by atoms with Crippen molar-refractivity contribution in [1.82, 2.24) is 14.8 Å². The second-order valence-corrected chi connectivity index (χ2v) is 6.92. The van der Waals surface area contributed by atoms with Crippen LogP contribution in [0, 0.1) is 6.92 Å². The van der Waals surface area contributed by atoms with Crippen molar-refractivity contribution in [3.63, 3.8) is 0 Å². The van der Waals surface area contributed by atoms with Crippen molar-refractivity contribution in [3.8, 4) is 28.5 Å². The molecule has 0 amide bonds. The molecule has 5 rings (SSSR count). The van der Waals surface area contributed by atoms with E-state index in [4.69, 9.17) is 0 Å². The molecule has 0 atom stereocenters. The van der Waals surface area contributed by atoms with E-state index in [9.17, 15) is 0 Å². The van der Waals surface area contributed by atoms with E-state index in [1.165, 1.54) is 16.3 Å². The zero-order chi connectivity index (χ0) is 18.9. The number of aromatic nitrogens is 3. The van der Waals surface area contributed by atoms with Gasteiger partial charge in [-0.25, -0.2) is 0 Å². The molecular formula is C25H19N3. The van der Waals surface area contributed by atoms with E-state index in [0.717, 1.165) is 28.5 Å². The van der Waals surface area contributed by atoms with Crippen LogP contribution in [0.5, 0.6) is 0 Å². The van der Waals surface area contributed by atoms with E-state index < -0.39 is 0 Å². The van der Waals surface area contributed by atoms with Crippen LogP contribution in [-0.2, 0) is 0 Å². The molecule has 0 saturated carbocycles. The maximum atomic E-state index is 4.60. The zero-order valence-corrected chi connectivity index (χ0v) is 15.6. The van der Waals surface area contributed by atoms with Crippen LogP contribution in [0.2, 0.25) is 0 Å². The van der Waals surface area contributed by atoms with Gasteiger partial charge in [0, 0.05) is 16.5 Å². The first kappa shape index (κ1) is 16.5. The molecule has 3 heteroatoms. The van der Waals surface area contributed by atoms with Crippen molar-refractivity contribution in [2.75, 3.05) is 0 Å². The lowest BCUT2D eigenvalue weighted by Gasteiger charge is -2.14. The summed E-state index contributed by atoms with van der Waals surface area (Å²) in [6, 6.07) is 33.4. The van der Waals surface area contributed by atoms with Crippen LogP contribution >= 0.6 is 0 Å². The number of fused-ring (bicyclic) bond motifs is 1. The Bertz CT molecular complexity index is 1260. The lowest BCUT2D eigenvalue weighted by Crippen LogP contribution is -2.01. The fraction of sp³-hybridized carbons (Fsp3) is 0.0400. The first-order valence-electron chi connectivity index (χ1n) is 9.37. The third-order valence-electron chi connectivity index (χ3n) is 4.98. The molecule has 134 valence electrons. The molecule has 0 radical (unpaired) electrons. The third-order valence-corrected chi connectivity index (χ3v) is 4.98. The first-order valence-corrected chi connectivity index (χ1v) is 9.37. The average Bonchev–Trinajstić information content (AvgIpc) is 3.19. The van der Waals surface area contributed by atoms with Crippen molar-refractivity contribution in [3.05, 3.63) is 103 Å². The molecule has 1 aromatic heterocycles. The van der Waals surface area contributed by atoms with Gasteiger partial charge in [-0.3, -0.25) is 4.57 Å². The van der Waals surface area contributed by atoms with Gasteiger partial charge < -0.3 is 0 Å². The topological polar surface area (TPSA) is 30.7 Å². The van der Waals surface area contributed by atoms with Gasteiger partial charge in [0.2, 0.25) is 0 Å². The zero-order valence-electron chi connectivity index (χ0n) is 15.6. The summed E-state index contributed by atoms with van der Waals surface area (Å²) in [5.41, 5.74) is 4.38. The number of aryl methyl sites for hydroxylation is 1. The van der Waals surface area contributed by atoms with Gasteiger partial charge in [-0.2, -0.15) is 0 Å². The van der Waals surface area contributed by atoms with Crippen LogP contribution in [0.15, 0.2) is 97.1 Å². The standard InChI is InChI=1S/C25H19N3/c1-18-9-7-14-21(17-18)25-27-26-24(20-11-3-2-4-12-20)28(25)23-16-8-13-19-10-5-6-15-22(19)23/h2-17H,1H3. The summed E-state index contributed by atoms with van der Waals surface area (Å²) in [6.07, 6.45) is 0. The molecule has 0 unspecified atom stereocenters. The molecule has 0 bridgehead atoms. The lowest BCUT2D eigenvalue weighted by atomic mass is 10.1. The predicted octanol–water partition coefficient (Wildman–Crippen LogP) is 6.06. The normalized spacial score (nSPS) is 11.0. The summed E-state index contributed by atoms with van der Waals surface area (Å²) in [6.45, 7) is 2.10. The van der Waals surface area contributed by atoms with Gasteiger partial charge in [0.15, 0.2) is 11.6 Å². The van der Waals surface area contributed by atoms with E-state index in [-0.39, 0.29) is 0 Å². The summed E-state index contributed by atoms with van der Waals surface area (Å²) in [7, 11) is 0. The van der Waals surface area contributed by atoms with Crippen LogP contribution in [-0.4, -0.2) is 14.8 Å². The Morgan fingerprint density at radius 3 is 2.07 bits per heavy atom. The van der Waals surface area contributed by atoms with Crippen molar-refractivity contribution in [1.29, 1.82) is 0 Å². The molecule has 4 aromatic carbocycles. The maximum absolute atomic E-state index is 4.60. The SMILES string of the molecule is Cc1cccc(-c2nnc(-c3ccccc3)n2-c2cccc3ccccc23)c1. The van der Waals surface area contributed by atoms with Crippen LogP contribution in [0.1, 0.15) is 5.56 Å². The predicted molar refractivity (Wildman–Crippen MR) is 114 cm³/mol. The molecule has 28 heavy (non-hydrogen) atoms. The summed E-state index contributed by atoms with van der Waals surface area (Å²) in [5.74, 6) is 1.69. The number of rotatable bonds is 3. The van der Waals surface area contributed by atoms with Crippen molar-refractivity contribution in [2.45, 2.75) is 6.92 Å². The number of benzene rings is 4. The number of hydrogen-bond acceptors (Lipinski definition) is 2. The van der Waals surface area contributed by atoms with E-state index in [0.29, 0.717) is 0 Å². The van der Waals surface area contributed by atoms with Gasteiger partial charge >= 0.3 is 0 Å². The van der Waals surface area contributed by atoms with E-state index in [2.05, 4.69) is 101 Å². The van der Waals surface area contributed by atoms with Gasteiger partial charge in [0.05, 0.1) is 5.69 Å². The second kappa shape index (κ2) is 6.78. The lowest BCUT2D eigenvalue weighted by molar-refractivity contribution is 1.08. The van der Waals surface area contributed by atoms with E-state index in [1.807, 2.05) is 18.2 Å². The van der Waals surface area contributed by atoms with Crippen LogP contribution < -0.4 is 0 Å². The van der Waals surface area contributed by atoms with Gasteiger partial charge in [-0.1, -0.05) is 90.5 Å². The number of nitrogens with zero attached hydrogens (tertiary/aromatic N) is 3. The second-order valence-electron chi connectivity index (χ2n) is 6.92. The molecule has 0 spiro atoms. The largest absolute Gasteiger partial charge is 0.274 e. The van der Waals surface area contributed by atoms with E-state index in [1.54, 1.807) is 0 Å². The smallest absolute Gasteiger partial charge is 0.168 e. The summed E-state index contributed by atoms with van der Waals surface area (Å²) >= 11 is 0. The summed E-state index contributed by atoms with van der Waals surface area (Å²) < 4.78 is 2.17. The monoisotopic (exact) mass is 361 g/mol. The first-order chi connectivity index (χ1) is 13.8. The summed E-state index contributed by atoms with van der Waals surface area (Å²) in [4.78, 5) is 0. The fourth-order valence-corrected chi connectivity index (χ4v) is 3.66. The fourth-order valence-electron chi connectivity index (χ4n) is 3.66. The van der Waals surface area contributed by atoms with Gasteiger partial charge in [0.1, 0.15) is 0 Å². The third kappa shape index (κ3) is 2.78. The molecule has 0 aliphatic rings. The van der Waals surface area contributed by atoms with Gasteiger partial charge in [-0.05, 0) is 24.4 Å². The molecule has 0 N–H and O–H groups in total. The van der Waals surface area contributed by atoms with Crippen molar-refractivity contribution < 1.29 is 0 Å². The number of hydrogen-bond donors (Lipinski definition) is 0. The molecular weight excluding hydrogens is 342 g/mol. The Morgan fingerprint density at radius 1 is 0.607 bits per heavy atom. The Morgan fingerprint density at radius 2 is 1.25 bits per heavy atom. The van der Waals surface area contributed by atoms with Gasteiger partial charge in [0.25, 0.3) is 0 Å². The minimum Gasteiger partial charge on any atom is -0.274 e.